The van der Waals surface area contributed by atoms with Crippen molar-refractivity contribution < 1.29 is 4.92 Å². The minimum atomic E-state index is -0.460. The lowest BCUT2D eigenvalue weighted by molar-refractivity contribution is -0.389. The van der Waals surface area contributed by atoms with Crippen LogP contribution in [0.3, 0.4) is 0 Å². The standard InChI is InChI=1S/C12H11N3O2/c16-15(17)12-7-14(8-13-12)11-5-9-3-1-2-4-10(9)6-11/h1-4,7-8,11H,5-6H2. The number of nitro groups is 1. The van der Waals surface area contributed by atoms with Gasteiger partial charge in [0.15, 0.2) is 0 Å². The summed E-state index contributed by atoms with van der Waals surface area (Å²) in [6.45, 7) is 0. The summed E-state index contributed by atoms with van der Waals surface area (Å²) >= 11 is 0. The van der Waals surface area contributed by atoms with E-state index < -0.39 is 4.92 Å². The highest BCUT2D eigenvalue weighted by atomic mass is 16.6. The summed E-state index contributed by atoms with van der Waals surface area (Å²) < 4.78 is 1.85. The Kier molecular flexibility index (Phi) is 2.18. The van der Waals surface area contributed by atoms with Crippen LogP contribution >= 0.6 is 0 Å². The quantitative estimate of drug-likeness (QED) is 0.585. The number of imidazole rings is 1. The Balaban J connectivity index is 1.86. The molecule has 17 heavy (non-hydrogen) atoms. The van der Waals surface area contributed by atoms with Gasteiger partial charge in [-0.05, 0) is 33.9 Å². The molecule has 0 saturated carbocycles. The second-order valence-corrected chi connectivity index (χ2v) is 4.27. The fourth-order valence-electron chi connectivity index (χ4n) is 2.37. The zero-order valence-electron chi connectivity index (χ0n) is 9.11. The summed E-state index contributed by atoms with van der Waals surface area (Å²) in [4.78, 5) is 13.9. The van der Waals surface area contributed by atoms with Gasteiger partial charge in [0.05, 0.1) is 0 Å². The van der Waals surface area contributed by atoms with Gasteiger partial charge in [-0.25, -0.2) is 0 Å². The molecule has 1 aromatic heterocycles. The summed E-state index contributed by atoms with van der Waals surface area (Å²) in [6.07, 6.45) is 4.90. The van der Waals surface area contributed by atoms with Crippen molar-refractivity contribution in [2.45, 2.75) is 18.9 Å². The van der Waals surface area contributed by atoms with Gasteiger partial charge in [-0.15, -0.1) is 0 Å². The molecule has 0 unspecified atom stereocenters. The van der Waals surface area contributed by atoms with Crippen molar-refractivity contribution in [3.63, 3.8) is 0 Å². The van der Waals surface area contributed by atoms with Crippen molar-refractivity contribution in [2.24, 2.45) is 0 Å². The van der Waals surface area contributed by atoms with Crippen molar-refractivity contribution in [1.29, 1.82) is 0 Å². The van der Waals surface area contributed by atoms with Crippen molar-refractivity contribution in [1.82, 2.24) is 9.55 Å². The number of hydrogen-bond acceptors (Lipinski definition) is 3. The van der Waals surface area contributed by atoms with Gasteiger partial charge >= 0.3 is 5.82 Å². The first-order valence-corrected chi connectivity index (χ1v) is 5.48. The van der Waals surface area contributed by atoms with E-state index in [1.54, 1.807) is 6.33 Å². The molecule has 1 aromatic carbocycles. The first-order chi connectivity index (χ1) is 8.24. The number of nitrogens with zero attached hydrogens (tertiary/aromatic N) is 3. The minimum Gasteiger partial charge on any atom is -0.358 e. The highest BCUT2D eigenvalue weighted by Gasteiger charge is 2.24. The highest BCUT2D eigenvalue weighted by Crippen LogP contribution is 2.30. The summed E-state index contributed by atoms with van der Waals surface area (Å²) in [6, 6.07) is 8.53. The Bertz CT molecular complexity index is 552. The first-order valence-electron chi connectivity index (χ1n) is 5.48. The van der Waals surface area contributed by atoms with E-state index in [4.69, 9.17) is 0 Å². The van der Waals surface area contributed by atoms with Gasteiger partial charge in [-0.2, -0.15) is 0 Å². The van der Waals surface area contributed by atoms with Gasteiger partial charge in [0, 0.05) is 6.04 Å². The second-order valence-electron chi connectivity index (χ2n) is 4.27. The zero-order chi connectivity index (χ0) is 11.8. The highest BCUT2D eigenvalue weighted by molar-refractivity contribution is 5.33. The average molecular weight is 229 g/mol. The Morgan fingerprint density at radius 1 is 1.29 bits per heavy atom. The molecule has 0 N–H and O–H groups in total. The Morgan fingerprint density at radius 2 is 1.94 bits per heavy atom. The third-order valence-electron chi connectivity index (χ3n) is 3.23. The van der Waals surface area contributed by atoms with Gasteiger partial charge in [0.2, 0.25) is 6.33 Å². The minimum absolute atomic E-state index is 0.0824. The first kappa shape index (κ1) is 10.0. The summed E-state index contributed by atoms with van der Waals surface area (Å²) in [5.41, 5.74) is 2.66. The Hall–Kier alpha value is -2.17. The van der Waals surface area contributed by atoms with Crippen molar-refractivity contribution in [3.05, 3.63) is 58.0 Å². The van der Waals surface area contributed by atoms with E-state index in [2.05, 4.69) is 17.1 Å². The fourth-order valence-corrected chi connectivity index (χ4v) is 2.37. The lowest BCUT2D eigenvalue weighted by atomic mass is 10.1. The molecule has 0 aliphatic heterocycles. The average Bonchev–Trinajstić information content (AvgIpc) is 2.95. The molecule has 0 atom stereocenters. The van der Waals surface area contributed by atoms with E-state index in [0.717, 1.165) is 12.8 Å². The topological polar surface area (TPSA) is 61.0 Å². The molecule has 86 valence electrons. The van der Waals surface area contributed by atoms with Gasteiger partial charge in [-0.1, -0.05) is 24.3 Å². The molecule has 0 amide bonds. The third-order valence-corrected chi connectivity index (χ3v) is 3.23. The Morgan fingerprint density at radius 3 is 2.47 bits per heavy atom. The molecule has 0 saturated heterocycles. The fraction of sp³-hybridized carbons (Fsp3) is 0.250. The normalized spacial score (nSPS) is 14.8. The van der Waals surface area contributed by atoms with E-state index in [0.29, 0.717) is 0 Å². The van der Waals surface area contributed by atoms with E-state index in [1.165, 1.54) is 17.3 Å². The van der Waals surface area contributed by atoms with Crippen LogP contribution < -0.4 is 0 Å². The summed E-state index contributed by atoms with van der Waals surface area (Å²) in [5.74, 6) is -0.0824. The molecule has 0 bridgehead atoms. The molecule has 5 nitrogen and oxygen atoms in total. The van der Waals surface area contributed by atoms with E-state index >= 15 is 0 Å². The van der Waals surface area contributed by atoms with Crippen molar-refractivity contribution >= 4 is 5.82 Å². The van der Waals surface area contributed by atoms with Crippen LogP contribution in [0.1, 0.15) is 17.2 Å². The van der Waals surface area contributed by atoms with Gasteiger partial charge in [0.25, 0.3) is 0 Å². The monoisotopic (exact) mass is 229 g/mol. The van der Waals surface area contributed by atoms with Crippen molar-refractivity contribution in [3.8, 4) is 0 Å². The number of rotatable bonds is 2. The Labute approximate surface area is 97.9 Å². The van der Waals surface area contributed by atoms with E-state index in [-0.39, 0.29) is 11.9 Å². The number of benzene rings is 1. The smallest absolute Gasteiger partial charge is 0.358 e. The molecule has 2 aromatic rings. The van der Waals surface area contributed by atoms with Crippen LogP contribution in [0.5, 0.6) is 0 Å². The van der Waals surface area contributed by atoms with Crippen molar-refractivity contribution in [2.75, 3.05) is 0 Å². The lowest BCUT2D eigenvalue weighted by Gasteiger charge is -2.07. The van der Waals surface area contributed by atoms with E-state index in [9.17, 15) is 10.1 Å². The molecule has 3 rings (SSSR count). The largest absolute Gasteiger partial charge is 0.381 e. The van der Waals surface area contributed by atoms with Crippen LogP contribution in [-0.4, -0.2) is 14.5 Å². The second kappa shape index (κ2) is 3.69. The maximum absolute atomic E-state index is 10.6. The molecule has 0 fully saturated rings. The van der Waals surface area contributed by atoms with Crippen LogP contribution in [-0.2, 0) is 12.8 Å². The van der Waals surface area contributed by atoms with Gasteiger partial charge in [0.1, 0.15) is 6.20 Å². The van der Waals surface area contributed by atoms with Crippen LogP contribution in [0.4, 0.5) is 5.82 Å². The van der Waals surface area contributed by atoms with Gasteiger partial charge in [-0.3, -0.25) is 0 Å². The van der Waals surface area contributed by atoms with Crippen LogP contribution in [0.2, 0.25) is 0 Å². The van der Waals surface area contributed by atoms with E-state index in [1.807, 2.05) is 16.7 Å². The number of fused-ring (bicyclic) bond motifs is 1. The van der Waals surface area contributed by atoms with Crippen LogP contribution in [0, 0.1) is 10.1 Å². The molecule has 0 radical (unpaired) electrons. The third kappa shape index (κ3) is 1.69. The molecule has 1 aliphatic carbocycles. The summed E-state index contributed by atoms with van der Waals surface area (Å²) in [5, 5.41) is 10.6. The number of hydrogen-bond donors (Lipinski definition) is 0. The zero-order valence-corrected chi connectivity index (χ0v) is 9.11. The maximum Gasteiger partial charge on any atom is 0.381 e. The molecule has 1 heterocycles. The predicted molar refractivity (Wildman–Crippen MR) is 61.8 cm³/mol. The molecule has 0 spiro atoms. The molecule has 1 aliphatic rings. The number of aromatic nitrogens is 2. The predicted octanol–water partition coefficient (Wildman–Crippen LogP) is 2.13. The SMILES string of the molecule is O=[N+]([O-])c1cn(C2Cc3ccccc3C2)cn1. The molecular weight excluding hydrogens is 218 g/mol. The van der Waals surface area contributed by atoms with Crippen LogP contribution in [0.25, 0.3) is 0 Å². The maximum atomic E-state index is 10.6. The van der Waals surface area contributed by atoms with Gasteiger partial charge < -0.3 is 14.7 Å². The lowest BCUT2D eigenvalue weighted by Crippen LogP contribution is -2.06. The molecular formula is C12H11N3O2. The van der Waals surface area contributed by atoms with Crippen LogP contribution in [0.15, 0.2) is 36.8 Å². The summed E-state index contributed by atoms with van der Waals surface area (Å²) in [7, 11) is 0. The molecule has 5 heteroatoms.